The normalized spacial score (nSPS) is 15.4. The van der Waals surface area contributed by atoms with Gasteiger partial charge in [0.1, 0.15) is 16.9 Å². The van der Waals surface area contributed by atoms with Gasteiger partial charge in [-0.2, -0.15) is 0 Å². The minimum absolute atomic E-state index is 0.109. The van der Waals surface area contributed by atoms with Gasteiger partial charge >= 0.3 is 0 Å². The van der Waals surface area contributed by atoms with Crippen molar-refractivity contribution in [2.45, 2.75) is 59.6 Å². The maximum absolute atomic E-state index is 13.0. The monoisotopic (exact) mass is 499 g/mol. The van der Waals surface area contributed by atoms with Gasteiger partial charge in [0.05, 0.1) is 17.7 Å². The van der Waals surface area contributed by atoms with E-state index in [1.807, 2.05) is 52.0 Å². The molecule has 3 aromatic rings. The second-order valence-electron chi connectivity index (χ2n) is 9.08. The largest absolute Gasteiger partial charge is 0.374 e. The molecule has 9 heteroatoms. The smallest absolute Gasteiger partial charge is 0.222 e. The van der Waals surface area contributed by atoms with Crippen molar-refractivity contribution in [3.63, 3.8) is 0 Å². The van der Waals surface area contributed by atoms with Crippen LogP contribution in [0, 0.1) is 20.8 Å². The number of carbonyl (C=O) groups is 1. The molecule has 3 heterocycles. The van der Waals surface area contributed by atoms with E-state index in [9.17, 15) is 4.79 Å². The van der Waals surface area contributed by atoms with Crippen molar-refractivity contribution in [2.24, 2.45) is 4.99 Å². The average molecular weight is 500 g/mol. The summed E-state index contributed by atoms with van der Waals surface area (Å²) in [6.45, 7) is 13.0. The first-order valence-electron chi connectivity index (χ1n) is 11.4. The van der Waals surface area contributed by atoms with Crippen LogP contribution in [0.1, 0.15) is 66.5 Å². The van der Waals surface area contributed by atoms with Gasteiger partial charge in [-0.05, 0) is 59.2 Å². The van der Waals surface area contributed by atoms with Gasteiger partial charge in [-0.15, -0.1) is 21.5 Å². The van der Waals surface area contributed by atoms with Crippen LogP contribution in [0.4, 0.5) is 0 Å². The number of rotatable bonds is 7. The van der Waals surface area contributed by atoms with Crippen LogP contribution in [0.15, 0.2) is 29.3 Å². The zero-order chi connectivity index (χ0) is 24.6. The van der Waals surface area contributed by atoms with E-state index in [4.69, 9.17) is 21.3 Å². The Labute approximate surface area is 209 Å². The number of carbonyl (C=O) groups excluding carboxylic acids is 1. The Morgan fingerprint density at radius 1 is 1.21 bits per heavy atom. The van der Waals surface area contributed by atoms with Crippen molar-refractivity contribution < 1.29 is 9.53 Å². The number of nitrogens with one attached hydrogen (secondary N) is 1. The molecule has 0 spiro atoms. The van der Waals surface area contributed by atoms with Gasteiger partial charge in [0.2, 0.25) is 5.91 Å². The number of aryl methyl sites for hydroxylation is 2. The summed E-state index contributed by atoms with van der Waals surface area (Å²) in [5.41, 5.74) is 3.56. The van der Waals surface area contributed by atoms with Crippen molar-refractivity contribution in [1.82, 2.24) is 20.1 Å². The summed E-state index contributed by atoms with van der Waals surface area (Å²) in [5, 5.41) is 13.5. The van der Waals surface area contributed by atoms with E-state index >= 15 is 0 Å². The Morgan fingerprint density at radius 2 is 1.91 bits per heavy atom. The highest BCUT2D eigenvalue weighted by molar-refractivity contribution is 7.15. The third-order valence-corrected chi connectivity index (χ3v) is 7.43. The Hall–Kier alpha value is -2.55. The van der Waals surface area contributed by atoms with E-state index in [0.717, 1.165) is 33.2 Å². The van der Waals surface area contributed by atoms with Crippen molar-refractivity contribution in [2.75, 3.05) is 13.2 Å². The first kappa shape index (κ1) is 24.6. The zero-order valence-corrected chi connectivity index (χ0v) is 22.0. The van der Waals surface area contributed by atoms with Crippen LogP contribution in [-0.4, -0.2) is 45.1 Å². The van der Waals surface area contributed by atoms with Crippen molar-refractivity contribution in [3.05, 3.63) is 62.5 Å². The fourth-order valence-corrected chi connectivity index (χ4v) is 5.47. The van der Waals surface area contributed by atoms with Crippen LogP contribution in [0.2, 0.25) is 5.02 Å². The number of ether oxygens (including phenoxy) is 1. The molecule has 0 saturated heterocycles. The van der Waals surface area contributed by atoms with E-state index in [1.54, 1.807) is 11.3 Å². The molecule has 1 aliphatic heterocycles. The van der Waals surface area contributed by atoms with Crippen molar-refractivity contribution in [1.29, 1.82) is 0 Å². The highest BCUT2D eigenvalue weighted by atomic mass is 35.5. The van der Waals surface area contributed by atoms with Gasteiger partial charge in [-0.25, -0.2) is 0 Å². The molecule has 0 bridgehead atoms. The van der Waals surface area contributed by atoms with E-state index in [1.165, 1.54) is 4.88 Å². The maximum atomic E-state index is 13.0. The van der Waals surface area contributed by atoms with Crippen molar-refractivity contribution >= 4 is 34.6 Å². The van der Waals surface area contributed by atoms with Crippen LogP contribution >= 0.6 is 22.9 Å². The van der Waals surface area contributed by atoms with E-state index in [-0.39, 0.29) is 12.3 Å². The number of benzene rings is 1. The van der Waals surface area contributed by atoms with E-state index in [0.29, 0.717) is 24.0 Å². The van der Waals surface area contributed by atoms with Crippen LogP contribution in [0.5, 0.6) is 0 Å². The first-order valence-corrected chi connectivity index (χ1v) is 12.6. The van der Waals surface area contributed by atoms with E-state index < -0.39 is 11.6 Å². The Morgan fingerprint density at radius 3 is 2.59 bits per heavy atom. The van der Waals surface area contributed by atoms with Gasteiger partial charge in [-0.3, -0.25) is 14.4 Å². The molecule has 0 fully saturated rings. The molecule has 4 rings (SSSR count). The zero-order valence-electron chi connectivity index (χ0n) is 20.4. The molecule has 1 aromatic carbocycles. The summed E-state index contributed by atoms with van der Waals surface area (Å²) in [5.74, 6) is 1.33. The lowest BCUT2D eigenvalue weighted by molar-refractivity contribution is -0.123. The van der Waals surface area contributed by atoms with Gasteiger partial charge in [0, 0.05) is 34.2 Å². The third-order valence-electron chi connectivity index (χ3n) is 5.98. The molecule has 1 N–H and O–H groups in total. The fourth-order valence-electron chi connectivity index (χ4n) is 4.13. The maximum Gasteiger partial charge on any atom is 0.222 e. The standard InChI is InChI=1S/C25H30ClN5O2S/c1-7-33-25(5,6)13-27-20(32)12-19-23-30-29-16(4)31(23)24-21(14(2)15(3)34-24)22(28-19)17-8-10-18(26)11-9-17/h8-11,19H,7,12-13H2,1-6H3,(H,27,32)/t19-/m0/s1. The van der Waals surface area contributed by atoms with E-state index in [2.05, 4.69) is 33.9 Å². The molecule has 0 aliphatic carbocycles. The topological polar surface area (TPSA) is 81.4 Å². The second kappa shape index (κ2) is 9.60. The summed E-state index contributed by atoms with van der Waals surface area (Å²) in [6, 6.07) is 7.18. The number of aliphatic imine (C=N–C) groups is 1. The molecule has 1 aliphatic rings. The average Bonchev–Trinajstić information content (AvgIpc) is 3.25. The summed E-state index contributed by atoms with van der Waals surface area (Å²) < 4.78 is 7.76. The van der Waals surface area contributed by atoms with Crippen LogP contribution in [0.3, 0.4) is 0 Å². The Balaban J connectivity index is 1.77. The number of halogens is 1. The summed E-state index contributed by atoms with van der Waals surface area (Å²) in [7, 11) is 0. The predicted octanol–water partition coefficient (Wildman–Crippen LogP) is 5.12. The number of thiophene rings is 1. The number of aromatic nitrogens is 3. The Kier molecular flexibility index (Phi) is 6.94. The molecule has 2 aromatic heterocycles. The molecular weight excluding hydrogens is 470 g/mol. The number of nitrogens with zero attached hydrogens (tertiary/aromatic N) is 4. The second-order valence-corrected chi connectivity index (χ2v) is 10.7. The van der Waals surface area contributed by atoms with Crippen LogP contribution in [0.25, 0.3) is 5.00 Å². The number of amides is 1. The molecule has 1 atom stereocenters. The van der Waals surface area contributed by atoms with Crippen LogP contribution < -0.4 is 5.32 Å². The molecule has 180 valence electrons. The highest BCUT2D eigenvalue weighted by Crippen LogP contribution is 2.39. The predicted molar refractivity (Wildman–Crippen MR) is 137 cm³/mol. The lowest BCUT2D eigenvalue weighted by Gasteiger charge is -2.25. The molecular formula is C25H30ClN5O2S. The summed E-state index contributed by atoms with van der Waals surface area (Å²) >= 11 is 7.86. The minimum Gasteiger partial charge on any atom is -0.374 e. The lowest BCUT2D eigenvalue weighted by atomic mass is 9.99. The van der Waals surface area contributed by atoms with Crippen molar-refractivity contribution in [3.8, 4) is 5.00 Å². The van der Waals surface area contributed by atoms with Gasteiger partial charge in [-0.1, -0.05) is 23.7 Å². The number of fused-ring (bicyclic) bond motifs is 3. The first-order chi connectivity index (χ1) is 16.1. The van der Waals surface area contributed by atoms with Gasteiger partial charge in [0.25, 0.3) is 0 Å². The number of hydrogen-bond acceptors (Lipinski definition) is 6. The lowest BCUT2D eigenvalue weighted by Crippen LogP contribution is -2.40. The molecule has 7 nitrogen and oxygen atoms in total. The number of hydrogen-bond donors (Lipinski definition) is 1. The summed E-state index contributed by atoms with van der Waals surface area (Å²) in [4.78, 5) is 19.3. The molecule has 34 heavy (non-hydrogen) atoms. The molecule has 1 amide bonds. The third kappa shape index (κ3) is 4.80. The SMILES string of the molecule is CCOC(C)(C)CNC(=O)C[C@@H]1N=C(c2ccc(Cl)cc2)c2c(sc(C)c2C)-n2c(C)nnc21. The highest BCUT2D eigenvalue weighted by Gasteiger charge is 2.32. The van der Waals surface area contributed by atoms with Gasteiger partial charge < -0.3 is 10.1 Å². The van der Waals surface area contributed by atoms with Gasteiger partial charge in [0.15, 0.2) is 5.82 Å². The Bertz CT molecular complexity index is 1240. The molecule has 0 radical (unpaired) electrons. The van der Waals surface area contributed by atoms with Crippen LogP contribution in [-0.2, 0) is 9.53 Å². The fraction of sp³-hybridized carbons (Fsp3) is 0.440. The minimum atomic E-state index is -0.485. The molecule has 0 unspecified atom stereocenters. The quantitative estimate of drug-likeness (QED) is 0.489. The molecule has 0 saturated carbocycles. The summed E-state index contributed by atoms with van der Waals surface area (Å²) in [6.07, 6.45) is 0.157.